The van der Waals surface area contributed by atoms with Crippen LogP contribution in [-0.2, 0) is 9.59 Å². The molecule has 2 unspecified atom stereocenters. The molecule has 1 aromatic rings. The van der Waals surface area contributed by atoms with E-state index in [1.165, 1.54) is 11.3 Å². The second-order valence-electron chi connectivity index (χ2n) is 4.73. The maximum atomic E-state index is 12.4. The molecule has 2 rings (SSSR count). The molecule has 1 N–H and O–H groups in total. The van der Waals surface area contributed by atoms with Crippen LogP contribution in [-0.4, -0.2) is 34.0 Å². The van der Waals surface area contributed by atoms with Gasteiger partial charge < -0.3 is 10.0 Å². The van der Waals surface area contributed by atoms with Crippen molar-refractivity contribution in [3.63, 3.8) is 0 Å². The van der Waals surface area contributed by atoms with Crippen LogP contribution in [0.15, 0.2) is 17.5 Å². The van der Waals surface area contributed by atoms with E-state index in [2.05, 4.69) is 0 Å². The molecule has 1 amide bonds. The minimum Gasteiger partial charge on any atom is -0.480 e. The molecule has 4 nitrogen and oxygen atoms in total. The monoisotopic (exact) mass is 267 g/mol. The van der Waals surface area contributed by atoms with Crippen LogP contribution in [0.4, 0.5) is 0 Å². The first-order valence-corrected chi connectivity index (χ1v) is 6.98. The third-order valence-electron chi connectivity index (χ3n) is 3.31. The van der Waals surface area contributed by atoms with E-state index in [0.717, 1.165) is 17.7 Å². The number of amides is 1. The second kappa shape index (κ2) is 5.10. The molecular formula is C13H17NO3S. The van der Waals surface area contributed by atoms with Gasteiger partial charge in [-0.1, -0.05) is 6.07 Å². The van der Waals surface area contributed by atoms with Gasteiger partial charge in [0.1, 0.15) is 6.04 Å². The summed E-state index contributed by atoms with van der Waals surface area (Å²) in [7, 11) is 0. The molecule has 1 heterocycles. The molecule has 1 saturated carbocycles. The average molecular weight is 267 g/mol. The van der Waals surface area contributed by atoms with Crippen LogP contribution in [0.1, 0.15) is 37.5 Å². The number of carboxylic acid groups (broad SMARTS) is 1. The van der Waals surface area contributed by atoms with Gasteiger partial charge in [0.2, 0.25) is 5.91 Å². The van der Waals surface area contributed by atoms with Gasteiger partial charge in [0, 0.05) is 10.9 Å². The summed E-state index contributed by atoms with van der Waals surface area (Å²) in [5.74, 6) is -1.27. The number of carboxylic acids is 1. The highest BCUT2D eigenvalue weighted by Crippen LogP contribution is 2.33. The summed E-state index contributed by atoms with van der Waals surface area (Å²) in [6, 6.07) is 3.20. The first-order valence-electron chi connectivity index (χ1n) is 6.10. The third kappa shape index (κ3) is 2.56. The van der Waals surface area contributed by atoms with Crippen molar-refractivity contribution in [1.82, 2.24) is 4.90 Å². The summed E-state index contributed by atoms with van der Waals surface area (Å²) >= 11 is 1.53. The Kier molecular flexibility index (Phi) is 3.71. The fourth-order valence-electron chi connectivity index (χ4n) is 2.04. The van der Waals surface area contributed by atoms with E-state index in [1.807, 2.05) is 24.4 Å². The highest BCUT2D eigenvalue weighted by Gasteiger charge is 2.40. The van der Waals surface area contributed by atoms with E-state index in [0.29, 0.717) is 0 Å². The van der Waals surface area contributed by atoms with Gasteiger partial charge in [-0.05, 0) is 38.1 Å². The number of carbonyl (C=O) groups excluding carboxylic acids is 1. The molecule has 0 bridgehead atoms. The van der Waals surface area contributed by atoms with E-state index < -0.39 is 12.0 Å². The van der Waals surface area contributed by atoms with Crippen molar-refractivity contribution in [3.8, 4) is 0 Å². The van der Waals surface area contributed by atoms with Crippen molar-refractivity contribution < 1.29 is 14.7 Å². The Labute approximate surface area is 110 Å². The van der Waals surface area contributed by atoms with Gasteiger partial charge in [-0.3, -0.25) is 4.79 Å². The quantitative estimate of drug-likeness (QED) is 0.890. The van der Waals surface area contributed by atoms with Gasteiger partial charge in [0.05, 0.1) is 5.92 Å². The zero-order chi connectivity index (χ0) is 13.3. The molecule has 0 aromatic carbocycles. The largest absolute Gasteiger partial charge is 0.480 e. The van der Waals surface area contributed by atoms with E-state index in [1.54, 1.807) is 11.8 Å². The minimum atomic E-state index is -0.936. The van der Waals surface area contributed by atoms with Crippen LogP contribution in [0.3, 0.4) is 0 Å². The molecule has 98 valence electrons. The first kappa shape index (κ1) is 13.1. The van der Waals surface area contributed by atoms with Crippen LogP contribution in [0.2, 0.25) is 0 Å². The number of hydrogen-bond acceptors (Lipinski definition) is 3. The average Bonchev–Trinajstić information content (AvgIpc) is 3.01. The molecule has 5 heteroatoms. The van der Waals surface area contributed by atoms with E-state index >= 15 is 0 Å². The van der Waals surface area contributed by atoms with E-state index in [9.17, 15) is 9.59 Å². The molecule has 1 aromatic heterocycles. The maximum Gasteiger partial charge on any atom is 0.326 e. The lowest BCUT2D eigenvalue weighted by Crippen LogP contribution is -2.46. The predicted octanol–water partition coefficient (Wildman–Crippen LogP) is 2.32. The van der Waals surface area contributed by atoms with Gasteiger partial charge in [-0.2, -0.15) is 0 Å². The van der Waals surface area contributed by atoms with Gasteiger partial charge in [0.15, 0.2) is 0 Å². The van der Waals surface area contributed by atoms with Crippen molar-refractivity contribution >= 4 is 23.2 Å². The fraction of sp³-hybridized carbons (Fsp3) is 0.538. The Morgan fingerprint density at radius 1 is 1.44 bits per heavy atom. The van der Waals surface area contributed by atoms with Crippen LogP contribution in [0.5, 0.6) is 0 Å². The van der Waals surface area contributed by atoms with Crippen molar-refractivity contribution in [3.05, 3.63) is 22.4 Å². The molecule has 18 heavy (non-hydrogen) atoms. The standard InChI is InChI=1S/C13H17NO3S/c1-8(11-4-3-7-18-11)12(15)14(10-5-6-10)9(2)13(16)17/h3-4,7-10H,5-6H2,1-2H3,(H,16,17). The maximum absolute atomic E-state index is 12.4. The van der Waals surface area contributed by atoms with Gasteiger partial charge in [-0.15, -0.1) is 11.3 Å². The van der Waals surface area contributed by atoms with Crippen LogP contribution in [0.25, 0.3) is 0 Å². The Bertz CT molecular complexity index is 439. The summed E-state index contributed by atoms with van der Waals surface area (Å²) in [6.45, 7) is 3.43. The van der Waals surface area contributed by atoms with Crippen LogP contribution in [0, 0.1) is 0 Å². The lowest BCUT2D eigenvalue weighted by atomic mass is 10.1. The molecule has 0 radical (unpaired) electrons. The Morgan fingerprint density at radius 3 is 2.56 bits per heavy atom. The summed E-state index contributed by atoms with van der Waals surface area (Å²) < 4.78 is 0. The highest BCUT2D eigenvalue weighted by molar-refractivity contribution is 7.10. The summed E-state index contributed by atoms with van der Waals surface area (Å²) in [5, 5.41) is 11.0. The Hall–Kier alpha value is -1.36. The highest BCUT2D eigenvalue weighted by atomic mass is 32.1. The lowest BCUT2D eigenvalue weighted by molar-refractivity contribution is -0.150. The van der Waals surface area contributed by atoms with Crippen LogP contribution >= 0.6 is 11.3 Å². The number of hydrogen-bond donors (Lipinski definition) is 1. The molecule has 1 aliphatic rings. The van der Waals surface area contributed by atoms with E-state index in [4.69, 9.17) is 5.11 Å². The zero-order valence-electron chi connectivity index (χ0n) is 10.5. The Balaban J connectivity index is 2.16. The van der Waals surface area contributed by atoms with Gasteiger partial charge >= 0.3 is 5.97 Å². The SMILES string of the molecule is CC(C(=O)N(C1CC1)C(C)C(=O)O)c1cccs1. The van der Waals surface area contributed by atoms with Crippen LogP contribution < -0.4 is 0 Å². The number of thiophene rings is 1. The third-order valence-corrected chi connectivity index (χ3v) is 4.36. The number of carbonyl (C=O) groups is 2. The summed E-state index contributed by atoms with van der Waals surface area (Å²) in [5.41, 5.74) is 0. The molecule has 1 aliphatic carbocycles. The minimum absolute atomic E-state index is 0.0742. The molecule has 0 saturated heterocycles. The second-order valence-corrected chi connectivity index (χ2v) is 5.71. The van der Waals surface area contributed by atoms with E-state index in [-0.39, 0.29) is 17.9 Å². The predicted molar refractivity (Wildman–Crippen MR) is 69.7 cm³/mol. The lowest BCUT2D eigenvalue weighted by Gasteiger charge is -2.28. The number of nitrogens with zero attached hydrogens (tertiary/aromatic N) is 1. The summed E-state index contributed by atoms with van der Waals surface area (Å²) in [6.07, 6.45) is 1.83. The topological polar surface area (TPSA) is 57.6 Å². The molecule has 1 fully saturated rings. The molecule has 0 spiro atoms. The fourth-order valence-corrected chi connectivity index (χ4v) is 2.82. The molecular weight excluding hydrogens is 250 g/mol. The smallest absolute Gasteiger partial charge is 0.326 e. The van der Waals surface area contributed by atoms with Crippen molar-refractivity contribution in [2.45, 2.75) is 44.7 Å². The summed E-state index contributed by atoms with van der Waals surface area (Å²) in [4.78, 5) is 26.1. The van der Waals surface area contributed by atoms with Crippen molar-refractivity contribution in [2.75, 3.05) is 0 Å². The van der Waals surface area contributed by atoms with Gasteiger partial charge in [0.25, 0.3) is 0 Å². The Morgan fingerprint density at radius 2 is 2.11 bits per heavy atom. The number of rotatable bonds is 5. The zero-order valence-corrected chi connectivity index (χ0v) is 11.3. The number of aliphatic carboxylic acids is 1. The normalized spacial score (nSPS) is 18.1. The molecule has 0 aliphatic heterocycles. The molecule has 2 atom stereocenters. The first-order chi connectivity index (χ1) is 8.52. The van der Waals surface area contributed by atoms with Crippen molar-refractivity contribution in [1.29, 1.82) is 0 Å². The van der Waals surface area contributed by atoms with Gasteiger partial charge in [-0.25, -0.2) is 4.79 Å². The van der Waals surface area contributed by atoms with Crippen molar-refractivity contribution in [2.24, 2.45) is 0 Å².